The van der Waals surface area contributed by atoms with Crippen molar-refractivity contribution in [2.75, 3.05) is 0 Å². The van der Waals surface area contributed by atoms with Crippen LogP contribution in [-0.2, 0) is 20.0 Å². The second-order valence-electron chi connectivity index (χ2n) is 7.10. The number of aromatic hydroxyl groups is 1. The molecule has 0 fully saturated rings. The third kappa shape index (κ3) is 5.14. The number of rotatable bonds is 7. The fourth-order valence-electron chi connectivity index (χ4n) is 2.84. The van der Waals surface area contributed by atoms with E-state index in [9.17, 15) is 23.9 Å². The Labute approximate surface area is 181 Å². The first kappa shape index (κ1) is 22.6. The Morgan fingerprint density at radius 1 is 1.22 bits per heavy atom. The van der Waals surface area contributed by atoms with Gasteiger partial charge in [-0.05, 0) is 24.6 Å². The number of hydrogen-bond donors (Lipinski definition) is 3. The van der Waals surface area contributed by atoms with E-state index in [2.05, 4.69) is 25.8 Å². The van der Waals surface area contributed by atoms with Gasteiger partial charge in [0, 0.05) is 33.0 Å². The third-order valence-corrected chi connectivity index (χ3v) is 4.53. The largest absolute Gasteiger partial charge is 0.501 e. The molecule has 1 aromatic carbocycles. The second kappa shape index (κ2) is 9.37. The van der Waals surface area contributed by atoms with Gasteiger partial charge in [0.15, 0.2) is 5.69 Å². The molecule has 12 heteroatoms. The summed E-state index contributed by atoms with van der Waals surface area (Å²) in [6, 6.07) is 4.96. The van der Waals surface area contributed by atoms with Gasteiger partial charge >= 0.3 is 11.8 Å². The molecule has 2 amide bonds. The number of nitrogens with one attached hydrogen (secondary N) is 2. The van der Waals surface area contributed by atoms with Crippen LogP contribution < -0.4 is 16.2 Å². The minimum Gasteiger partial charge on any atom is -0.501 e. The van der Waals surface area contributed by atoms with Gasteiger partial charge in [-0.3, -0.25) is 19.0 Å². The maximum absolute atomic E-state index is 13.0. The average molecular weight is 444 g/mol. The van der Waals surface area contributed by atoms with E-state index in [0.29, 0.717) is 5.56 Å². The van der Waals surface area contributed by atoms with Gasteiger partial charge in [-0.25, -0.2) is 9.37 Å². The molecule has 0 aliphatic carbocycles. The van der Waals surface area contributed by atoms with Gasteiger partial charge in [0.05, 0.1) is 0 Å². The molecule has 0 aliphatic heterocycles. The van der Waals surface area contributed by atoms with Gasteiger partial charge in [0.2, 0.25) is 11.6 Å². The summed E-state index contributed by atoms with van der Waals surface area (Å²) in [6.45, 7) is 3.25. The normalized spacial score (nSPS) is 11.8. The summed E-state index contributed by atoms with van der Waals surface area (Å²) in [7, 11) is 1.39. The van der Waals surface area contributed by atoms with Crippen molar-refractivity contribution in [3.05, 3.63) is 69.3 Å². The van der Waals surface area contributed by atoms with Crippen LogP contribution in [0.3, 0.4) is 0 Å². The van der Waals surface area contributed by atoms with Gasteiger partial charge in [-0.2, -0.15) is 0 Å². The van der Waals surface area contributed by atoms with Crippen LogP contribution in [0.4, 0.5) is 4.39 Å². The summed E-state index contributed by atoms with van der Waals surface area (Å²) in [5, 5.41) is 22.5. The van der Waals surface area contributed by atoms with Crippen molar-refractivity contribution in [1.82, 2.24) is 30.4 Å². The highest BCUT2D eigenvalue weighted by Crippen LogP contribution is 2.12. The lowest BCUT2D eigenvalue weighted by Gasteiger charge is -2.16. The molecule has 3 rings (SSSR count). The van der Waals surface area contributed by atoms with Gasteiger partial charge < -0.3 is 20.2 Å². The molecule has 168 valence electrons. The fourth-order valence-corrected chi connectivity index (χ4v) is 2.84. The standard InChI is InChI=1S/C20H21FN6O5/c1-10(23-18(30)19-26-25-11(2)32-19)8-14-24-15(16(28)20(31)27(14)3)17(29)22-9-12-4-6-13(21)7-5-12/h4-7,10,28H,8-9H2,1-3H3,(H,22,29)(H,23,30). The van der Waals surface area contributed by atoms with Gasteiger partial charge in [0.1, 0.15) is 11.6 Å². The number of benzene rings is 1. The van der Waals surface area contributed by atoms with E-state index in [1.54, 1.807) is 13.8 Å². The summed E-state index contributed by atoms with van der Waals surface area (Å²) >= 11 is 0. The van der Waals surface area contributed by atoms with E-state index in [0.717, 1.165) is 4.57 Å². The number of carbonyl (C=O) groups is 2. The predicted molar refractivity (Wildman–Crippen MR) is 108 cm³/mol. The second-order valence-corrected chi connectivity index (χ2v) is 7.10. The number of aromatic nitrogens is 4. The van der Waals surface area contributed by atoms with E-state index < -0.39 is 40.7 Å². The Kier molecular flexibility index (Phi) is 6.61. The van der Waals surface area contributed by atoms with Crippen molar-refractivity contribution in [2.24, 2.45) is 7.05 Å². The Morgan fingerprint density at radius 3 is 2.53 bits per heavy atom. The summed E-state index contributed by atoms with van der Waals surface area (Å²) < 4.78 is 19.2. The van der Waals surface area contributed by atoms with Crippen LogP contribution >= 0.6 is 0 Å². The first-order chi connectivity index (χ1) is 15.2. The molecule has 0 bridgehead atoms. The Bertz CT molecular complexity index is 1200. The van der Waals surface area contributed by atoms with E-state index in [1.807, 2.05) is 0 Å². The van der Waals surface area contributed by atoms with Crippen LogP contribution in [0.1, 0.15) is 45.4 Å². The van der Waals surface area contributed by atoms with Crippen LogP contribution in [-0.4, -0.2) is 42.7 Å². The summed E-state index contributed by atoms with van der Waals surface area (Å²) in [6.07, 6.45) is 0.0725. The van der Waals surface area contributed by atoms with Crippen molar-refractivity contribution >= 4 is 11.8 Å². The number of halogens is 1. The molecule has 1 atom stereocenters. The molecule has 3 aromatic rings. The quantitative estimate of drug-likeness (QED) is 0.479. The maximum Gasteiger partial charge on any atom is 0.309 e. The van der Waals surface area contributed by atoms with Crippen LogP contribution in [0.15, 0.2) is 33.5 Å². The summed E-state index contributed by atoms with van der Waals surface area (Å²) in [5.74, 6) is -2.39. The van der Waals surface area contributed by atoms with Crippen LogP contribution in [0.5, 0.6) is 5.75 Å². The van der Waals surface area contributed by atoms with Gasteiger partial charge in [-0.1, -0.05) is 12.1 Å². The zero-order chi connectivity index (χ0) is 23.4. The van der Waals surface area contributed by atoms with Crippen molar-refractivity contribution in [2.45, 2.75) is 32.9 Å². The first-order valence-corrected chi connectivity index (χ1v) is 9.58. The average Bonchev–Trinajstić information content (AvgIpc) is 3.20. The predicted octanol–water partition coefficient (Wildman–Crippen LogP) is 0.607. The molecule has 0 saturated heterocycles. The Balaban J connectivity index is 1.73. The topological polar surface area (TPSA) is 152 Å². The summed E-state index contributed by atoms with van der Waals surface area (Å²) in [4.78, 5) is 41.2. The van der Waals surface area contributed by atoms with Crippen molar-refractivity contribution in [1.29, 1.82) is 0 Å². The molecular formula is C20H21FN6O5. The van der Waals surface area contributed by atoms with Crippen LogP contribution in [0.2, 0.25) is 0 Å². The molecule has 11 nitrogen and oxygen atoms in total. The van der Waals surface area contributed by atoms with E-state index in [-0.39, 0.29) is 30.6 Å². The highest BCUT2D eigenvalue weighted by Gasteiger charge is 2.22. The highest BCUT2D eigenvalue weighted by atomic mass is 19.1. The van der Waals surface area contributed by atoms with Crippen LogP contribution in [0, 0.1) is 12.7 Å². The smallest absolute Gasteiger partial charge is 0.309 e. The molecule has 2 aromatic heterocycles. The Morgan fingerprint density at radius 2 is 1.91 bits per heavy atom. The van der Waals surface area contributed by atoms with Crippen molar-refractivity contribution in [3.63, 3.8) is 0 Å². The lowest BCUT2D eigenvalue weighted by atomic mass is 10.2. The molecule has 0 aliphatic rings. The minimum absolute atomic E-state index is 0.0425. The molecule has 32 heavy (non-hydrogen) atoms. The van der Waals surface area contributed by atoms with E-state index >= 15 is 0 Å². The minimum atomic E-state index is -0.812. The molecule has 0 spiro atoms. The van der Waals surface area contributed by atoms with E-state index in [4.69, 9.17) is 4.42 Å². The number of nitrogens with zero attached hydrogens (tertiary/aromatic N) is 4. The molecule has 2 heterocycles. The van der Waals surface area contributed by atoms with Gasteiger partial charge in [0.25, 0.3) is 11.5 Å². The first-order valence-electron chi connectivity index (χ1n) is 9.58. The SMILES string of the molecule is Cc1nnc(C(=O)NC(C)Cc2nc(C(=O)NCc3ccc(F)cc3)c(O)c(=O)n2C)o1. The fraction of sp³-hybridized carbons (Fsp3) is 0.300. The highest BCUT2D eigenvalue weighted by molar-refractivity contribution is 5.94. The number of aryl methyl sites for hydroxylation is 1. The monoisotopic (exact) mass is 444 g/mol. The van der Waals surface area contributed by atoms with Crippen molar-refractivity contribution in [3.8, 4) is 5.75 Å². The number of carbonyl (C=O) groups excluding carboxylic acids is 2. The zero-order valence-electron chi connectivity index (χ0n) is 17.5. The summed E-state index contributed by atoms with van der Waals surface area (Å²) in [5.41, 5.74) is -0.639. The maximum atomic E-state index is 13.0. The lowest BCUT2D eigenvalue weighted by molar-refractivity contribution is 0.0900. The molecular weight excluding hydrogens is 423 g/mol. The van der Waals surface area contributed by atoms with Crippen molar-refractivity contribution < 1.29 is 23.5 Å². The molecule has 0 radical (unpaired) electrons. The Hall–Kier alpha value is -4.09. The van der Waals surface area contributed by atoms with Gasteiger partial charge in [-0.15, -0.1) is 10.2 Å². The third-order valence-electron chi connectivity index (χ3n) is 4.53. The lowest BCUT2D eigenvalue weighted by Crippen LogP contribution is -2.37. The van der Waals surface area contributed by atoms with Crippen LogP contribution in [0.25, 0.3) is 0 Å². The zero-order valence-corrected chi connectivity index (χ0v) is 17.5. The number of hydrogen-bond acceptors (Lipinski definition) is 8. The molecule has 3 N–H and O–H groups in total. The number of amides is 2. The van der Waals surface area contributed by atoms with E-state index in [1.165, 1.54) is 31.3 Å². The molecule has 0 saturated carbocycles. The molecule has 1 unspecified atom stereocenters.